The molecule has 0 aliphatic heterocycles. The number of rotatable bonds is 12. The van der Waals surface area contributed by atoms with E-state index < -0.39 is 9.84 Å². The van der Waals surface area contributed by atoms with Crippen molar-refractivity contribution in [1.82, 2.24) is 0 Å². The van der Waals surface area contributed by atoms with E-state index in [4.69, 9.17) is 18.9 Å². The number of benzene rings is 2. The van der Waals surface area contributed by atoms with Gasteiger partial charge in [-0.2, -0.15) is 0 Å². The molecular formula is C26H32Br6O6S. The molecule has 0 saturated carbocycles. The van der Waals surface area contributed by atoms with Gasteiger partial charge in [-0.25, -0.2) is 8.42 Å². The van der Waals surface area contributed by atoms with Crippen molar-refractivity contribution in [1.29, 1.82) is 0 Å². The lowest BCUT2D eigenvalue weighted by atomic mass is 10.2. The summed E-state index contributed by atoms with van der Waals surface area (Å²) in [4.78, 5) is 0.198. The van der Waals surface area contributed by atoms with Crippen molar-refractivity contribution in [2.75, 3.05) is 23.9 Å². The van der Waals surface area contributed by atoms with Crippen molar-refractivity contribution in [3.63, 3.8) is 0 Å². The molecule has 0 aliphatic carbocycles. The summed E-state index contributed by atoms with van der Waals surface area (Å²) < 4.78 is 53.1. The molecule has 39 heavy (non-hydrogen) atoms. The fraction of sp³-hybridized carbons (Fsp3) is 0.538. The van der Waals surface area contributed by atoms with Crippen molar-refractivity contribution in [2.24, 2.45) is 0 Å². The summed E-state index contributed by atoms with van der Waals surface area (Å²) >= 11 is 20.8. The molecule has 220 valence electrons. The van der Waals surface area contributed by atoms with Crippen molar-refractivity contribution in [3.8, 4) is 11.5 Å². The summed E-state index contributed by atoms with van der Waals surface area (Å²) in [5.41, 5.74) is -0.652. The Bertz CT molecular complexity index is 1100. The normalized spacial score (nSPS) is 14.3. The Morgan fingerprint density at radius 3 is 1.15 bits per heavy atom. The first kappa shape index (κ1) is 36.0. The molecule has 6 nitrogen and oxygen atoms in total. The molecule has 2 unspecified atom stereocenters. The molecule has 2 atom stereocenters. The fourth-order valence-corrected chi connectivity index (χ4v) is 8.81. The lowest BCUT2D eigenvalue weighted by molar-refractivity contribution is -0.0646. The smallest absolute Gasteiger partial charge is 0.206 e. The van der Waals surface area contributed by atoms with Crippen LogP contribution in [0, 0.1) is 0 Å². The molecular weight excluding hydrogens is 920 g/mol. The Kier molecular flexibility index (Phi) is 13.8. The number of halogens is 6. The van der Waals surface area contributed by atoms with E-state index >= 15 is 0 Å². The summed E-state index contributed by atoms with van der Waals surface area (Å²) in [6.45, 7) is 12.4. The van der Waals surface area contributed by atoms with Gasteiger partial charge in [0.05, 0.1) is 38.9 Å². The zero-order chi connectivity index (χ0) is 29.8. The van der Waals surface area contributed by atoms with E-state index in [1.807, 2.05) is 41.5 Å². The molecule has 0 amide bonds. The van der Waals surface area contributed by atoms with E-state index in [9.17, 15) is 8.42 Å². The van der Waals surface area contributed by atoms with Crippen LogP contribution in [0.1, 0.15) is 41.5 Å². The molecule has 0 radical (unpaired) electrons. The Hall–Kier alpha value is 0.790. The molecule has 0 heterocycles. The van der Waals surface area contributed by atoms with Gasteiger partial charge >= 0.3 is 0 Å². The van der Waals surface area contributed by atoms with Crippen LogP contribution in [0.2, 0.25) is 0 Å². The second-order valence-electron chi connectivity index (χ2n) is 10.6. The molecule has 0 saturated heterocycles. The number of hydrogen-bond acceptors (Lipinski definition) is 6. The highest BCUT2D eigenvalue weighted by atomic mass is 79.9. The molecule has 0 N–H and O–H groups in total. The zero-order valence-electron chi connectivity index (χ0n) is 22.4. The SMILES string of the molecule is CC(C)(C)OC(CBr)COc1c(Br)cc(S(=O)(=O)c2cc(Br)c(OCC(CBr)OC(C)(C)C)c(Br)c2)cc1Br. The van der Waals surface area contributed by atoms with Gasteiger partial charge in [0, 0.05) is 10.7 Å². The third-order valence-electron chi connectivity index (χ3n) is 4.78. The first-order valence-electron chi connectivity index (χ1n) is 11.8. The number of alkyl halides is 2. The highest BCUT2D eigenvalue weighted by Gasteiger charge is 2.26. The molecule has 0 bridgehead atoms. The molecule has 2 rings (SSSR count). The van der Waals surface area contributed by atoms with Gasteiger partial charge in [-0.05, 0) is 130 Å². The van der Waals surface area contributed by atoms with Crippen LogP contribution in [0.25, 0.3) is 0 Å². The van der Waals surface area contributed by atoms with Crippen LogP contribution < -0.4 is 9.47 Å². The third kappa shape index (κ3) is 11.1. The maximum atomic E-state index is 13.6. The molecule has 0 fully saturated rings. The predicted octanol–water partition coefficient (Wildman–Crippen LogP) is 9.48. The summed E-state index contributed by atoms with van der Waals surface area (Å²) in [6.07, 6.45) is -0.375. The van der Waals surface area contributed by atoms with Gasteiger partial charge in [-0.3, -0.25) is 0 Å². The minimum atomic E-state index is -3.88. The van der Waals surface area contributed by atoms with E-state index in [1.54, 1.807) is 0 Å². The third-order valence-corrected chi connectivity index (χ3v) is 10.3. The number of sulfone groups is 1. The molecule has 0 aliphatic rings. The van der Waals surface area contributed by atoms with Crippen molar-refractivity contribution in [3.05, 3.63) is 42.2 Å². The maximum Gasteiger partial charge on any atom is 0.206 e. The van der Waals surface area contributed by atoms with Crippen LogP contribution in [-0.4, -0.2) is 55.7 Å². The van der Waals surface area contributed by atoms with Gasteiger partial charge in [0.1, 0.15) is 36.9 Å². The Balaban J connectivity index is 2.28. The summed E-state index contributed by atoms with van der Waals surface area (Å²) in [7, 11) is -3.88. The predicted molar refractivity (Wildman–Crippen MR) is 177 cm³/mol. The first-order valence-corrected chi connectivity index (χ1v) is 18.7. The van der Waals surface area contributed by atoms with Crippen LogP contribution >= 0.6 is 95.6 Å². The van der Waals surface area contributed by atoms with Crippen LogP contribution in [0.5, 0.6) is 11.5 Å². The quantitative estimate of drug-likeness (QED) is 0.198. The van der Waals surface area contributed by atoms with E-state index in [2.05, 4.69) is 95.6 Å². The Labute approximate surface area is 282 Å². The van der Waals surface area contributed by atoms with Crippen molar-refractivity contribution >= 4 is 105 Å². The Morgan fingerprint density at radius 1 is 0.641 bits per heavy atom. The standard InChI is InChI=1S/C26H32Br6O6S/c1-25(2,3)37-15(11-27)13-35-23-19(29)7-17(8-20(23)30)39(33,34)18-9-21(31)24(22(32)10-18)36-14-16(12-28)38-26(4,5)6/h7-10,15-16H,11-14H2,1-6H3. The molecule has 2 aromatic rings. The number of hydrogen-bond donors (Lipinski definition) is 0. The van der Waals surface area contributed by atoms with E-state index in [0.29, 0.717) is 40.1 Å². The van der Waals surface area contributed by atoms with Crippen LogP contribution in [0.15, 0.2) is 51.9 Å². The summed E-state index contributed by atoms with van der Waals surface area (Å²) in [5.74, 6) is 0.977. The topological polar surface area (TPSA) is 71.1 Å². The van der Waals surface area contributed by atoms with Gasteiger partial charge in [0.15, 0.2) is 0 Å². The van der Waals surface area contributed by atoms with Crippen molar-refractivity contribution in [2.45, 2.75) is 74.7 Å². The highest BCUT2D eigenvalue weighted by molar-refractivity contribution is 9.11. The van der Waals surface area contributed by atoms with Gasteiger partial charge in [-0.1, -0.05) is 31.9 Å². The van der Waals surface area contributed by atoms with E-state index in [-0.39, 0.29) is 46.4 Å². The van der Waals surface area contributed by atoms with Crippen LogP contribution in [0.4, 0.5) is 0 Å². The van der Waals surface area contributed by atoms with E-state index in [0.717, 1.165) is 0 Å². The average Bonchev–Trinajstić information content (AvgIpc) is 2.79. The van der Waals surface area contributed by atoms with Gasteiger partial charge in [0.25, 0.3) is 0 Å². The molecule has 13 heteroatoms. The molecule has 0 spiro atoms. The first-order chi connectivity index (χ1) is 17.9. The van der Waals surface area contributed by atoms with E-state index in [1.165, 1.54) is 24.3 Å². The fourth-order valence-electron chi connectivity index (χ4n) is 3.37. The molecule has 0 aromatic heterocycles. The average molecular weight is 952 g/mol. The highest BCUT2D eigenvalue weighted by Crippen LogP contribution is 2.41. The minimum absolute atomic E-state index is 0.0991. The monoisotopic (exact) mass is 946 g/mol. The second-order valence-corrected chi connectivity index (χ2v) is 17.2. The molecule has 2 aromatic carbocycles. The zero-order valence-corrected chi connectivity index (χ0v) is 32.8. The second kappa shape index (κ2) is 15.0. The largest absolute Gasteiger partial charge is 0.488 e. The van der Waals surface area contributed by atoms with Gasteiger partial charge < -0.3 is 18.9 Å². The van der Waals surface area contributed by atoms with Crippen LogP contribution in [0.3, 0.4) is 0 Å². The maximum absolute atomic E-state index is 13.6. The summed E-state index contributed by atoms with van der Waals surface area (Å²) in [6, 6.07) is 6.11. The minimum Gasteiger partial charge on any atom is -0.488 e. The lowest BCUT2D eigenvalue weighted by Crippen LogP contribution is -2.32. The number of ether oxygens (including phenoxy) is 4. The van der Waals surface area contributed by atoms with Gasteiger partial charge in [-0.15, -0.1) is 0 Å². The van der Waals surface area contributed by atoms with Gasteiger partial charge in [0.2, 0.25) is 9.84 Å². The Morgan fingerprint density at radius 2 is 0.923 bits per heavy atom. The van der Waals surface area contributed by atoms with Crippen LogP contribution in [-0.2, 0) is 19.3 Å². The van der Waals surface area contributed by atoms with Crippen molar-refractivity contribution < 1.29 is 27.4 Å². The lowest BCUT2D eigenvalue weighted by Gasteiger charge is -2.27. The summed E-state index contributed by atoms with van der Waals surface area (Å²) in [5, 5.41) is 1.19.